The smallest absolute Gasteiger partial charge is 0.429 e. The van der Waals surface area contributed by atoms with Gasteiger partial charge in [-0.2, -0.15) is 0 Å². The second-order valence-corrected chi connectivity index (χ2v) is 8.02. The first-order chi connectivity index (χ1) is 8.89. The van der Waals surface area contributed by atoms with Crippen molar-refractivity contribution in [2.24, 2.45) is 0 Å². The number of alkyl halides is 1. The fourth-order valence-electron chi connectivity index (χ4n) is 1.61. The molecule has 1 saturated heterocycles. The molecular formula is C13H23BrN2O4. The molecule has 0 bridgehead atoms. The molecule has 0 unspecified atom stereocenters. The number of hydrogen-bond acceptors (Lipinski definition) is 4. The summed E-state index contributed by atoms with van der Waals surface area (Å²) in [6.45, 7) is 11.4. The number of carbonyl (C=O) groups is 2. The zero-order chi connectivity index (χ0) is 15.7. The van der Waals surface area contributed by atoms with Gasteiger partial charge in [0.2, 0.25) is 0 Å². The summed E-state index contributed by atoms with van der Waals surface area (Å²) in [4.78, 5) is 24.2. The molecule has 1 fully saturated rings. The highest BCUT2D eigenvalue weighted by molar-refractivity contribution is 9.09. The summed E-state index contributed by atoms with van der Waals surface area (Å²) >= 11 is 3.42. The Kier molecular flexibility index (Phi) is 4.94. The van der Waals surface area contributed by atoms with Gasteiger partial charge >= 0.3 is 12.2 Å². The molecule has 0 saturated carbocycles. The molecule has 0 atom stereocenters. The molecule has 7 heteroatoms. The summed E-state index contributed by atoms with van der Waals surface area (Å²) in [6.07, 6.45) is -1.10. The summed E-state index contributed by atoms with van der Waals surface area (Å²) in [5, 5.41) is 2.55. The number of carbonyl (C=O) groups excluding carboxylic acids is 2. The van der Waals surface area contributed by atoms with Gasteiger partial charge in [0, 0.05) is 0 Å². The van der Waals surface area contributed by atoms with Gasteiger partial charge in [0.05, 0.1) is 17.9 Å². The summed E-state index contributed by atoms with van der Waals surface area (Å²) in [5.41, 5.74) is -1.22. The van der Waals surface area contributed by atoms with Crippen LogP contribution in [0.15, 0.2) is 0 Å². The van der Waals surface area contributed by atoms with Gasteiger partial charge in [-0.1, -0.05) is 15.9 Å². The van der Waals surface area contributed by atoms with E-state index >= 15 is 0 Å². The van der Waals surface area contributed by atoms with Crippen LogP contribution in [0.4, 0.5) is 9.59 Å². The summed E-state index contributed by atoms with van der Waals surface area (Å²) < 4.78 is 10.6. The van der Waals surface area contributed by atoms with Crippen molar-refractivity contribution in [3.63, 3.8) is 0 Å². The lowest BCUT2D eigenvalue weighted by Gasteiger charge is -2.31. The molecule has 0 aromatic heterocycles. The van der Waals surface area contributed by atoms with E-state index in [-0.39, 0.29) is 4.83 Å². The van der Waals surface area contributed by atoms with Crippen molar-refractivity contribution < 1.29 is 19.1 Å². The number of hydrogen-bond donors (Lipinski definition) is 0. The first-order valence-corrected chi connectivity index (χ1v) is 7.45. The van der Waals surface area contributed by atoms with Crippen molar-refractivity contribution in [3.05, 3.63) is 0 Å². The van der Waals surface area contributed by atoms with Crippen LogP contribution in [-0.2, 0) is 9.47 Å². The van der Waals surface area contributed by atoms with Crippen LogP contribution in [0.3, 0.4) is 0 Å². The number of hydrazine groups is 1. The molecule has 1 heterocycles. The minimum Gasteiger partial charge on any atom is -0.442 e. The quantitative estimate of drug-likeness (QED) is 0.629. The fraction of sp³-hybridized carbons (Fsp3) is 0.846. The highest BCUT2D eigenvalue weighted by Crippen LogP contribution is 2.22. The van der Waals surface area contributed by atoms with Gasteiger partial charge in [0.1, 0.15) is 11.2 Å². The molecule has 0 aromatic carbocycles. The monoisotopic (exact) mass is 350 g/mol. The van der Waals surface area contributed by atoms with E-state index in [9.17, 15) is 9.59 Å². The van der Waals surface area contributed by atoms with Gasteiger partial charge in [-0.05, 0) is 41.5 Å². The maximum absolute atomic E-state index is 12.1. The first-order valence-electron chi connectivity index (χ1n) is 6.54. The molecule has 1 aliphatic heterocycles. The number of ether oxygens (including phenoxy) is 2. The van der Waals surface area contributed by atoms with Crippen LogP contribution in [0, 0.1) is 0 Å². The second-order valence-electron chi connectivity index (χ2n) is 6.72. The van der Waals surface area contributed by atoms with Gasteiger partial charge in [-0.25, -0.2) is 19.6 Å². The van der Waals surface area contributed by atoms with Crippen molar-refractivity contribution in [3.8, 4) is 0 Å². The van der Waals surface area contributed by atoms with Crippen molar-refractivity contribution in [1.29, 1.82) is 0 Å². The first kappa shape index (κ1) is 17.1. The van der Waals surface area contributed by atoms with Crippen LogP contribution < -0.4 is 0 Å². The molecule has 0 aliphatic carbocycles. The lowest BCUT2D eigenvalue weighted by Crippen LogP contribution is -2.48. The van der Waals surface area contributed by atoms with Gasteiger partial charge in [0.15, 0.2) is 0 Å². The maximum Gasteiger partial charge on any atom is 0.429 e. The molecule has 6 nitrogen and oxygen atoms in total. The number of halogens is 1. The Morgan fingerprint density at radius 2 is 1.20 bits per heavy atom. The number of nitrogens with zero attached hydrogens (tertiary/aromatic N) is 2. The van der Waals surface area contributed by atoms with Crippen LogP contribution in [-0.4, -0.2) is 51.3 Å². The highest BCUT2D eigenvalue weighted by Gasteiger charge is 2.39. The van der Waals surface area contributed by atoms with Gasteiger partial charge < -0.3 is 9.47 Å². The van der Waals surface area contributed by atoms with Crippen molar-refractivity contribution in [2.75, 3.05) is 13.1 Å². The Hall–Kier alpha value is -0.980. The minimum absolute atomic E-state index is 0.00235. The molecule has 2 amide bonds. The fourth-order valence-corrected chi connectivity index (χ4v) is 2.15. The van der Waals surface area contributed by atoms with E-state index in [4.69, 9.17) is 9.47 Å². The minimum atomic E-state index is -0.610. The topological polar surface area (TPSA) is 59.1 Å². The van der Waals surface area contributed by atoms with Crippen LogP contribution in [0.25, 0.3) is 0 Å². The molecule has 1 aliphatic rings. The Morgan fingerprint density at radius 1 is 0.900 bits per heavy atom. The molecule has 0 spiro atoms. The number of rotatable bonds is 0. The zero-order valence-electron chi connectivity index (χ0n) is 12.9. The SMILES string of the molecule is CC(C)(C)OC(=O)N1CC(Br)CN1C(=O)OC(C)(C)C. The number of amides is 2. The Balaban J connectivity index is 2.78. The van der Waals surface area contributed by atoms with Gasteiger partial charge in [-0.3, -0.25) is 0 Å². The molecule has 0 radical (unpaired) electrons. The van der Waals surface area contributed by atoms with Gasteiger partial charge in [0.25, 0.3) is 0 Å². The van der Waals surface area contributed by atoms with E-state index in [0.29, 0.717) is 13.1 Å². The summed E-state index contributed by atoms with van der Waals surface area (Å²) in [7, 11) is 0. The predicted octanol–water partition coefficient (Wildman–Crippen LogP) is 3.15. The standard InChI is InChI=1S/C13H23BrN2O4/c1-12(2,3)19-10(17)15-7-9(14)8-16(15)11(18)20-13(4,5)6/h9H,7-8H2,1-6H3. The van der Waals surface area contributed by atoms with Crippen molar-refractivity contribution >= 4 is 28.1 Å². The van der Waals surface area contributed by atoms with Crippen LogP contribution in [0.5, 0.6) is 0 Å². The molecular weight excluding hydrogens is 328 g/mol. The summed E-state index contributed by atoms with van der Waals surface area (Å²) in [5.74, 6) is 0. The zero-order valence-corrected chi connectivity index (χ0v) is 14.5. The lowest BCUT2D eigenvalue weighted by molar-refractivity contribution is -0.0428. The van der Waals surface area contributed by atoms with Crippen molar-refractivity contribution in [2.45, 2.75) is 57.6 Å². The second kappa shape index (κ2) is 5.79. The average Bonchev–Trinajstić information content (AvgIpc) is 2.55. The van der Waals surface area contributed by atoms with Crippen molar-refractivity contribution in [1.82, 2.24) is 10.0 Å². The van der Waals surface area contributed by atoms with Crippen LogP contribution in [0.1, 0.15) is 41.5 Å². The van der Waals surface area contributed by atoms with E-state index < -0.39 is 23.4 Å². The van der Waals surface area contributed by atoms with E-state index in [2.05, 4.69) is 15.9 Å². The Morgan fingerprint density at radius 3 is 1.45 bits per heavy atom. The van der Waals surface area contributed by atoms with E-state index in [1.54, 1.807) is 41.5 Å². The highest BCUT2D eigenvalue weighted by atomic mass is 79.9. The molecule has 0 N–H and O–H groups in total. The van der Waals surface area contributed by atoms with Crippen LogP contribution >= 0.6 is 15.9 Å². The third-order valence-corrected chi connectivity index (χ3v) is 2.82. The third kappa shape index (κ3) is 5.19. The van der Waals surface area contributed by atoms with E-state index in [0.717, 1.165) is 0 Å². The third-order valence-electron chi connectivity index (χ3n) is 2.24. The molecule has 1 rings (SSSR count). The molecule has 0 aromatic rings. The average molecular weight is 351 g/mol. The normalized spacial score (nSPS) is 17.4. The molecule has 20 heavy (non-hydrogen) atoms. The molecule has 116 valence electrons. The lowest BCUT2D eigenvalue weighted by atomic mass is 10.2. The largest absolute Gasteiger partial charge is 0.442 e. The van der Waals surface area contributed by atoms with Crippen LogP contribution in [0.2, 0.25) is 0 Å². The maximum atomic E-state index is 12.1. The van der Waals surface area contributed by atoms with E-state index in [1.165, 1.54) is 10.0 Å². The predicted molar refractivity (Wildman–Crippen MR) is 78.6 cm³/mol. The van der Waals surface area contributed by atoms with E-state index in [1.807, 2.05) is 0 Å². The Labute approximate surface area is 128 Å². The summed E-state index contributed by atoms with van der Waals surface area (Å²) in [6, 6.07) is 0. The van der Waals surface area contributed by atoms with Gasteiger partial charge in [-0.15, -0.1) is 0 Å². The Bertz CT molecular complexity index is 351.